The van der Waals surface area contributed by atoms with Crippen LogP contribution in [0.2, 0.25) is 0 Å². The monoisotopic (exact) mass is 1180 g/mol. The van der Waals surface area contributed by atoms with E-state index in [4.69, 9.17) is 19.9 Å². The van der Waals surface area contributed by atoms with E-state index in [2.05, 4.69) is 304 Å². The van der Waals surface area contributed by atoms with Gasteiger partial charge in [-0.25, -0.2) is 19.9 Å². The molecule has 4 aromatic heterocycles. The van der Waals surface area contributed by atoms with Crippen molar-refractivity contribution < 1.29 is 0 Å². The third kappa shape index (κ3) is 8.40. The number of benzene rings is 12. The topological polar surface area (TPSA) is 61.4 Å². The molecule has 0 radical (unpaired) electrons. The molecule has 0 spiro atoms. The summed E-state index contributed by atoms with van der Waals surface area (Å²) in [6, 6.07) is 104. The fourth-order valence-corrected chi connectivity index (χ4v) is 15.1. The lowest BCUT2D eigenvalue weighted by atomic mass is 9.82. The van der Waals surface area contributed by atoms with Crippen LogP contribution in [0.25, 0.3) is 156 Å². The van der Waals surface area contributed by atoms with E-state index in [1.807, 2.05) is 24.4 Å². The van der Waals surface area contributed by atoms with Crippen molar-refractivity contribution in [3.8, 4) is 112 Å². The summed E-state index contributed by atoms with van der Waals surface area (Å²) in [5.74, 6) is 1.34. The summed E-state index contributed by atoms with van der Waals surface area (Å²) < 4.78 is 4.69. The minimum atomic E-state index is -0.267. The van der Waals surface area contributed by atoms with Crippen molar-refractivity contribution in [3.63, 3.8) is 0 Å². The first-order valence-electron chi connectivity index (χ1n) is 31.8. The van der Waals surface area contributed by atoms with Gasteiger partial charge in [0.25, 0.3) is 0 Å². The van der Waals surface area contributed by atoms with Crippen LogP contribution in [-0.4, -0.2) is 29.1 Å². The van der Waals surface area contributed by atoms with E-state index < -0.39 is 0 Å². The van der Waals surface area contributed by atoms with Crippen molar-refractivity contribution in [3.05, 3.63) is 314 Å². The smallest absolute Gasteiger partial charge is 0.235 e. The fourth-order valence-electron chi connectivity index (χ4n) is 15.1. The minimum absolute atomic E-state index is 0.141. The Morgan fingerprint density at radius 1 is 0.261 bits per heavy atom. The molecule has 16 aromatic rings. The average Bonchev–Trinajstić information content (AvgIpc) is 1.56. The Kier molecular flexibility index (Phi) is 11.9. The highest BCUT2D eigenvalue weighted by atomic mass is 15.2. The van der Waals surface area contributed by atoms with Crippen molar-refractivity contribution in [2.24, 2.45) is 0 Å². The zero-order valence-corrected chi connectivity index (χ0v) is 51.4. The first kappa shape index (κ1) is 53.4. The molecule has 4 heterocycles. The molecule has 0 fully saturated rings. The van der Waals surface area contributed by atoms with Crippen molar-refractivity contribution in [2.45, 2.75) is 38.5 Å². The summed E-state index contributed by atoms with van der Waals surface area (Å²) in [6.45, 7) is 9.44. The van der Waals surface area contributed by atoms with E-state index in [0.29, 0.717) is 11.8 Å². The van der Waals surface area contributed by atoms with Gasteiger partial charge in [-0.3, -0.25) is 4.57 Å². The Morgan fingerprint density at radius 3 is 1.37 bits per heavy atom. The molecule has 0 unspecified atom stereocenters. The number of fused-ring (bicyclic) bond motifs is 12. The molecule has 0 saturated heterocycles. The molecule has 0 amide bonds. The fraction of sp³-hybridized carbons (Fsp3) is 0.0698. The maximum Gasteiger partial charge on any atom is 0.235 e. The normalized spacial score (nSPS) is 13.4. The lowest BCUT2D eigenvalue weighted by molar-refractivity contribution is 0.661. The molecule has 434 valence electrons. The number of nitrogens with zero attached hydrogens (tertiary/aromatic N) is 6. The SMILES string of the molecule is CC1(C)c2ccc(-c3cc(-c4ccccc4)cc(-c4ccc(-c5ccnc(-n6c7ccccc7c7cc8c(cc76)C(C)(C)c6ccccc6-8)n5)cc4)c3)cc2-c2cc3c4ccccc4n(-c4cccc(-c5nc(-c6ccccc6)cc(-c6ccccc6)n5)c4)c3cc21. The number of aromatic nitrogens is 6. The average molecular weight is 1180 g/mol. The molecule has 0 bridgehead atoms. The Labute approximate surface area is 534 Å². The molecule has 0 N–H and O–H groups in total. The van der Waals surface area contributed by atoms with Crippen molar-refractivity contribution >= 4 is 43.6 Å². The maximum atomic E-state index is 5.35. The Morgan fingerprint density at radius 2 is 0.728 bits per heavy atom. The first-order chi connectivity index (χ1) is 45.1. The molecular formula is C86H60N6. The quantitative estimate of drug-likeness (QED) is 0.144. The predicted octanol–water partition coefficient (Wildman–Crippen LogP) is 21.7. The van der Waals surface area contributed by atoms with Gasteiger partial charge in [-0.15, -0.1) is 0 Å². The maximum absolute atomic E-state index is 5.35. The van der Waals surface area contributed by atoms with Crippen LogP contribution in [0, 0.1) is 0 Å². The second kappa shape index (κ2) is 20.5. The lowest BCUT2D eigenvalue weighted by Gasteiger charge is -2.22. The predicted molar refractivity (Wildman–Crippen MR) is 379 cm³/mol. The molecular weight excluding hydrogens is 1120 g/mol. The van der Waals surface area contributed by atoms with Gasteiger partial charge in [0.05, 0.1) is 39.1 Å². The molecule has 6 nitrogen and oxygen atoms in total. The van der Waals surface area contributed by atoms with E-state index in [1.54, 1.807) is 0 Å². The molecule has 12 aromatic carbocycles. The van der Waals surface area contributed by atoms with E-state index >= 15 is 0 Å². The summed E-state index contributed by atoms with van der Waals surface area (Å²) in [5, 5.41) is 4.81. The van der Waals surface area contributed by atoms with E-state index in [-0.39, 0.29) is 10.8 Å². The van der Waals surface area contributed by atoms with Crippen LogP contribution >= 0.6 is 0 Å². The lowest BCUT2D eigenvalue weighted by Crippen LogP contribution is -2.15. The second-order valence-electron chi connectivity index (χ2n) is 25.8. The van der Waals surface area contributed by atoms with Crippen LogP contribution in [0.15, 0.2) is 291 Å². The zero-order valence-electron chi connectivity index (χ0n) is 51.4. The minimum Gasteiger partial charge on any atom is -0.309 e. The summed E-state index contributed by atoms with van der Waals surface area (Å²) in [6.07, 6.45) is 1.90. The van der Waals surface area contributed by atoms with E-state index in [1.165, 1.54) is 88.3 Å². The van der Waals surface area contributed by atoms with Crippen LogP contribution in [0.4, 0.5) is 0 Å². The van der Waals surface area contributed by atoms with Crippen LogP contribution in [0.1, 0.15) is 49.9 Å². The van der Waals surface area contributed by atoms with Crippen LogP contribution in [0.5, 0.6) is 0 Å². The number of hydrogen-bond acceptors (Lipinski definition) is 4. The molecule has 0 saturated carbocycles. The van der Waals surface area contributed by atoms with Crippen molar-refractivity contribution in [1.82, 2.24) is 29.1 Å². The molecule has 92 heavy (non-hydrogen) atoms. The molecule has 18 rings (SSSR count). The largest absolute Gasteiger partial charge is 0.309 e. The molecule has 0 aliphatic heterocycles. The number of hydrogen-bond donors (Lipinski definition) is 0. The summed E-state index contributed by atoms with van der Waals surface area (Å²) >= 11 is 0. The Bertz CT molecular complexity index is 5620. The first-order valence-corrected chi connectivity index (χ1v) is 31.8. The Balaban J connectivity index is 0.709. The molecule has 2 aliphatic rings. The van der Waals surface area contributed by atoms with Gasteiger partial charge in [0.15, 0.2) is 5.82 Å². The van der Waals surface area contributed by atoms with E-state index in [0.717, 1.165) is 78.3 Å². The van der Waals surface area contributed by atoms with E-state index in [9.17, 15) is 0 Å². The standard InChI is InChI=1S/C86H60N6/c1-85(2)72-32-17-14-29-64(72)68-48-71-66-31-16-19-34-80(66)92(82(71)51-74(68)85)84-87-42-41-76(90-84)57-37-35-54(36-38-57)61-43-60(53-21-8-5-9-22-53)44-62(45-61)58-39-40-73-67(47-58)69-49-70-65-30-15-18-33-79(65)91(81(70)50-75(69)86(73,3)4)63-28-20-27-59(46-63)83-88-77(55-23-10-6-11-24-55)52-78(89-83)56-25-12-7-13-26-56/h5-52H,1-4H3. The highest BCUT2D eigenvalue weighted by Gasteiger charge is 2.38. The highest BCUT2D eigenvalue weighted by Crippen LogP contribution is 2.54. The molecule has 0 atom stereocenters. The summed E-state index contributed by atoms with van der Waals surface area (Å²) in [4.78, 5) is 20.8. The van der Waals surface area contributed by atoms with Crippen LogP contribution in [0.3, 0.4) is 0 Å². The van der Waals surface area contributed by atoms with Gasteiger partial charge >= 0.3 is 0 Å². The van der Waals surface area contributed by atoms with Gasteiger partial charge < -0.3 is 4.57 Å². The van der Waals surface area contributed by atoms with Crippen molar-refractivity contribution in [2.75, 3.05) is 0 Å². The number of rotatable bonds is 9. The van der Waals surface area contributed by atoms with Gasteiger partial charge in [0.2, 0.25) is 5.95 Å². The summed E-state index contributed by atoms with van der Waals surface area (Å²) in [5.41, 5.74) is 29.3. The van der Waals surface area contributed by atoms with Gasteiger partial charge in [-0.05, 0) is 163 Å². The van der Waals surface area contributed by atoms with Crippen molar-refractivity contribution in [1.29, 1.82) is 0 Å². The molecule has 6 heteroatoms. The third-order valence-electron chi connectivity index (χ3n) is 19.8. The van der Waals surface area contributed by atoms with Gasteiger partial charge in [0, 0.05) is 66.5 Å². The number of para-hydroxylation sites is 2. The summed E-state index contributed by atoms with van der Waals surface area (Å²) in [7, 11) is 0. The van der Waals surface area contributed by atoms with Crippen LogP contribution in [-0.2, 0) is 10.8 Å². The highest BCUT2D eigenvalue weighted by molar-refractivity contribution is 6.13. The second-order valence-corrected chi connectivity index (χ2v) is 25.8. The third-order valence-corrected chi connectivity index (χ3v) is 19.8. The van der Waals surface area contributed by atoms with Gasteiger partial charge in [0.1, 0.15) is 0 Å². The van der Waals surface area contributed by atoms with Gasteiger partial charge in [-0.1, -0.05) is 228 Å². The van der Waals surface area contributed by atoms with Gasteiger partial charge in [-0.2, -0.15) is 0 Å². The van der Waals surface area contributed by atoms with Crippen LogP contribution < -0.4 is 0 Å². The Hall–Kier alpha value is -11.6. The molecule has 2 aliphatic carbocycles. The zero-order chi connectivity index (χ0) is 61.4.